The Kier molecular flexibility index (Phi) is 0.804. The third-order valence-electron chi connectivity index (χ3n) is 0.508. The van der Waals surface area contributed by atoms with Crippen molar-refractivity contribution in [2.75, 3.05) is 5.75 Å². The van der Waals surface area contributed by atoms with Gasteiger partial charge in [0.2, 0.25) is 0 Å². The Hall–Kier alpha value is 0.270. The topological polar surface area (TPSA) is 34.5 Å². The van der Waals surface area contributed by atoms with E-state index in [2.05, 4.69) is 16.1 Å². The van der Waals surface area contributed by atoms with Gasteiger partial charge in [0.1, 0.15) is 0 Å². The first kappa shape index (κ1) is 3.46. The van der Waals surface area contributed by atoms with Gasteiger partial charge in [0, 0.05) is 5.75 Å². The molecule has 1 N–H and O–H groups in total. The lowest BCUT2D eigenvalue weighted by Crippen LogP contribution is -1.63. The Bertz CT molecular complexity index is 36.6. The van der Waals surface area contributed by atoms with Crippen molar-refractivity contribution >= 4 is 11.4 Å². The van der Waals surface area contributed by atoms with Gasteiger partial charge in [-0.05, 0) is 11.4 Å². The zero-order valence-electron chi connectivity index (χ0n) is 3.06. The van der Waals surface area contributed by atoms with Crippen LogP contribution < -0.4 is 4.89 Å². The second-order valence-corrected chi connectivity index (χ2v) is 2.63. The summed E-state index contributed by atoms with van der Waals surface area (Å²) in [6.07, 6.45) is 0. The van der Waals surface area contributed by atoms with Crippen LogP contribution >= 0.6 is 11.4 Å². The average Bonchev–Trinajstić information content (AvgIpc) is 2.12. The maximum atomic E-state index is 4.67. The van der Waals surface area contributed by atoms with E-state index >= 15 is 0 Å². The molecule has 1 aliphatic heterocycles. The first-order chi connectivity index (χ1) is 2.43. The fourth-order valence-corrected chi connectivity index (χ4v) is 0.647. The van der Waals surface area contributed by atoms with Gasteiger partial charge in [0.05, 0.1) is 0 Å². The van der Waals surface area contributed by atoms with Gasteiger partial charge in [-0.25, -0.2) is 4.28 Å². The Morgan fingerprint density at radius 2 is 2.60 bits per heavy atom. The van der Waals surface area contributed by atoms with Crippen LogP contribution in [0.3, 0.4) is 0 Å². The SMILES string of the molecule is CC[SH]1NO1. The summed E-state index contributed by atoms with van der Waals surface area (Å²) in [5.74, 6) is 1.15. The molecule has 1 aliphatic rings. The van der Waals surface area contributed by atoms with Gasteiger partial charge in [-0.3, -0.25) is 0 Å². The van der Waals surface area contributed by atoms with Crippen LogP contribution in [0, 0.1) is 0 Å². The summed E-state index contributed by atoms with van der Waals surface area (Å²) < 4.78 is 4.67. The van der Waals surface area contributed by atoms with E-state index in [9.17, 15) is 0 Å². The standard InChI is InChI=1S/C2H7NOS/c1-2-5-3-4-5/h3,5H,2H2,1H3. The van der Waals surface area contributed by atoms with Crippen LogP contribution in [0.4, 0.5) is 0 Å². The fourth-order valence-electron chi connectivity index (χ4n) is 0.158. The molecule has 0 aromatic rings. The Morgan fingerprint density at radius 3 is 2.60 bits per heavy atom. The van der Waals surface area contributed by atoms with E-state index in [1.165, 1.54) is 0 Å². The molecule has 1 rings (SSSR count). The first-order valence-electron chi connectivity index (χ1n) is 1.63. The van der Waals surface area contributed by atoms with E-state index < -0.39 is 0 Å². The molecular formula is C2H7NOS. The van der Waals surface area contributed by atoms with Gasteiger partial charge in [-0.2, -0.15) is 0 Å². The number of nitrogens with one attached hydrogen (secondary N) is 1. The van der Waals surface area contributed by atoms with Crippen molar-refractivity contribution in [2.24, 2.45) is 0 Å². The lowest BCUT2D eigenvalue weighted by molar-refractivity contribution is 0.469. The molecule has 0 bridgehead atoms. The van der Waals surface area contributed by atoms with Crippen LogP contribution in [0.25, 0.3) is 0 Å². The van der Waals surface area contributed by atoms with Crippen molar-refractivity contribution in [3.8, 4) is 0 Å². The molecule has 1 saturated heterocycles. The Labute approximate surface area is 34.2 Å². The molecule has 2 nitrogen and oxygen atoms in total. The highest BCUT2D eigenvalue weighted by molar-refractivity contribution is 8.15. The molecule has 32 valence electrons. The minimum absolute atomic E-state index is 0.0983. The predicted octanol–water partition coefficient (Wildman–Crippen LogP) is 0.372. The highest BCUT2D eigenvalue weighted by atomic mass is 32.2. The summed E-state index contributed by atoms with van der Waals surface area (Å²) in [5, 5.41) is 0. The summed E-state index contributed by atoms with van der Waals surface area (Å²) in [6, 6.07) is 0. The second kappa shape index (κ2) is 1.16. The molecule has 0 aliphatic carbocycles. The maximum Gasteiger partial charge on any atom is 0.00990 e. The molecule has 0 amide bonds. The van der Waals surface area contributed by atoms with Crippen LogP contribution in [0.15, 0.2) is 0 Å². The highest BCUT2D eigenvalue weighted by Crippen LogP contribution is 2.32. The van der Waals surface area contributed by atoms with Crippen molar-refractivity contribution in [1.82, 2.24) is 4.89 Å². The minimum atomic E-state index is -0.0983. The lowest BCUT2D eigenvalue weighted by Gasteiger charge is -1.72. The molecule has 1 unspecified atom stereocenters. The zero-order chi connectivity index (χ0) is 3.70. The normalized spacial score (nSPS) is 41.4. The van der Waals surface area contributed by atoms with E-state index in [-0.39, 0.29) is 11.4 Å². The van der Waals surface area contributed by atoms with Crippen LogP contribution in [-0.2, 0) is 4.28 Å². The van der Waals surface area contributed by atoms with E-state index in [4.69, 9.17) is 0 Å². The first-order valence-corrected chi connectivity index (χ1v) is 3.08. The molecule has 1 heterocycles. The van der Waals surface area contributed by atoms with Crippen molar-refractivity contribution in [1.29, 1.82) is 0 Å². The van der Waals surface area contributed by atoms with Gasteiger partial charge in [0.15, 0.2) is 0 Å². The summed E-state index contributed by atoms with van der Waals surface area (Å²) in [6.45, 7) is 2.10. The van der Waals surface area contributed by atoms with Crippen molar-refractivity contribution in [3.63, 3.8) is 0 Å². The van der Waals surface area contributed by atoms with Gasteiger partial charge in [-0.1, -0.05) is 6.92 Å². The molecular weight excluding hydrogens is 86.1 g/mol. The van der Waals surface area contributed by atoms with Crippen molar-refractivity contribution in [2.45, 2.75) is 6.92 Å². The molecule has 0 saturated carbocycles. The van der Waals surface area contributed by atoms with Crippen LogP contribution in [0.2, 0.25) is 0 Å². The number of hydrogen-bond donors (Lipinski definition) is 2. The average molecular weight is 93.2 g/mol. The highest BCUT2D eigenvalue weighted by Gasteiger charge is 2.11. The van der Waals surface area contributed by atoms with E-state index in [0.717, 1.165) is 5.75 Å². The summed E-state index contributed by atoms with van der Waals surface area (Å²) in [4.78, 5) is 2.75. The molecule has 0 aromatic heterocycles. The van der Waals surface area contributed by atoms with Crippen LogP contribution in [-0.4, -0.2) is 5.75 Å². The predicted molar refractivity (Wildman–Crippen MR) is 23.7 cm³/mol. The monoisotopic (exact) mass is 93.0 g/mol. The van der Waals surface area contributed by atoms with Gasteiger partial charge >= 0.3 is 0 Å². The quantitative estimate of drug-likeness (QED) is 0.363. The third kappa shape index (κ3) is 0.792. The van der Waals surface area contributed by atoms with E-state index in [1.54, 1.807) is 0 Å². The molecule has 1 atom stereocenters. The molecule has 5 heavy (non-hydrogen) atoms. The minimum Gasteiger partial charge on any atom is -0.230 e. The largest absolute Gasteiger partial charge is 0.230 e. The van der Waals surface area contributed by atoms with Gasteiger partial charge in [0.25, 0.3) is 0 Å². The Morgan fingerprint density at radius 1 is 2.00 bits per heavy atom. The number of thiol groups is 1. The summed E-state index contributed by atoms with van der Waals surface area (Å²) in [5.41, 5.74) is 0. The maximum absolute atomic E-state index is 4.67. The lowest BCUT2D eigenvalue weighted by atomic mass is 11.0. The van der Waals surface area contributed by atoms with Crippen LogP contribution in [0.1, 0.15) is 6.92 Å². The second-order valence-electron chi connectivity index (χ2n) is 0.877. The molecule has 3 heteroatoms. The zero-order valence-corrected chi connectivity index (χ0v) is 3.96. The summed E-state index contributed by atoms with van der Waals surface area (Å²) in [7, 11) is 0. The third-order valence-corrected chi connectivity index (χ3v) is 1.52. The summed E-state index contributed by atoms with van der Waals surface area (Å²) >= 11 is -0.0983. The number of rotatable bonds is 1. The molecule has 1 fully saturated rings. The molecule has 0 aromatic carbocycles. The number of hydrogen-bond acceptors (Lipinski definition) is 2. The van der Waals surface area contributed by atoms with Crippen molar-refractivity contribution < 1.29 is 4.28 Å². The van der Waals surface area contributed by atoms with Gasteiger partial charge in [-0.15, -0.1) is 4.89 Å². The molecule has 0 radical (unpaired) electrons. The van der Waals surface area contributed by atoms with Crippen LogP contribution in [0.5, 0.6) is 0 Å². The fraction of sp³-hybridized carbons (Fsp3) is 1.00. The Balaban J connectivity index is 2.00. The van der Waals surface area contributed by atoms with E-state index in [0.29, 0.717) is 0 Å². The van der Waals surface area contributed by atoms with E-state index in [1.807, 2.05) is 0 Å². The molecule has 0 spiro atoms. The van der Waals surface area contributed by atoms with Crippen molar-refractivity contribution in [3.05, 3.63) is 0 Å². The smallest absolute Gasteiger partial charge is 0.00990 e. The van der Waals surface area contributed by atoms with Gasteiger partial charge < -0.3 is 0 Å².